The summed E-state index contributed by atoms with van der Waals surface area (Å²) in [5.41, 5.74) is -1.30. The third kappa shape index (κ3) is 2.36. The first-order valence-corrected chi connectivity index (χ1v) is 6.03. The molecule has 0 aliphatic heterocycles. The summed E-state index contributed by atoms with van der Waals surface area (Å²) in [5, 5.41) is 0. The molecule has 0 radical (unpaired) electrons. The van der Waals surface area contributed by atoms with E-state index in [0.29, 0.717) is 0 Å². The van der Waals surface area contributed by atoms with Gasteiger partial charge < -0.3 is 4.74 Å². The van der Waals surface area contributed by atoms with Crippen LogP contribution in [-0.4, -0.2) is 25.1 Å². The van der Waals surface area contributed by atoms with Crippen LogP contribution in [0.2, 0.25) is 0 Å². The number of hydrogen-bond acceptors (Lipinski definition) is 5. The molecule has 0 aliphatic carbocycles. The average Bonchev–Trinajstić information content (AvgIpc) is 2.76. The third-order valence-corrected chi connectivity index (χ3v) is 2.82. The summed E-state index contributed by atoms with van der Waals surface area (Å²) in [6.45, 7) is 5.07. The molecular formula is C12H16N4O4. The Morgan fingerprint density at radius 3 is 2.65 bits per heavy atom. The van der Waals surface area contributed by atoms with Crippen molar-refractivity contribution in [2.75, 3.05) is 0 Å². The summed E-state index contributed by atoms with van der Waals surface area (Å²) in [6, 6.07) is 0. The number of carbonyl (C=O) groups excluding carboxylic acids is 1. The van der Waals surface area contributed by atoms with Crippen LogP contribution in [0.4, 0.5) is 0 Å². The van der Waals surface area contributed by atoms with Crippen LogP contribution in [-0.2, 0) is 23.3 Å². The Labute approximate surface area is 114 Å². The maximum atomic E-state index is 11.8. The van der Waals surface area contributed by atoms with Crippen molar-refractivity contribution in [1.29, 1.82) is 0 Å². The maximum Gasteiger partial charge on any atom is 0.329 e. The summed E-state index contributed by atoms with van der Waals surface area (Å²) in [4.78, 5) is 41.1. The van der Waals surface area contributed by atoms with Crippen LogP contribution in [0, 0.1) is 5.41 Å². The second-order valence-electron chi connectivity index (χ2n) is 5.52. The minimum atomic E-state index is -0.629. The van der Waals surface area contributed by atoms with Crippen molar-refractivity contribution >= 4 is 17.1 Å². The molecule has 2 heterocycles. The van der Waals surface area contributed by atoms with E-state index in [4.69, 9.17) is 4.74 Å². The number of esters is 1. The van der Waals surface area contributed by atoms with E-state index in [9.17, 15) is 14.4 Å². The number of rotatable bonds is 2. The second-order valence-corrected chi connectivity index (χ2v) is 5.52. The number of carbonyl (C=O) groups is 1. The number of ether oxygens (including phenoxy) is 1. The van der Waals surface area contributed by atoms with E-state index in [2.05, 4.69) is 9.97 Å². The van der Waals surface area contributed by atoms with Gasteiger partial charge in [-0.25, -0.2) is 9.78 Å². The zero-order chi connectivity index (χ0) is 15.1. The van der Waals surface area contributed by atoms with Gasteiger partial charge in [0.05, 0.1) is 5.41 Å². The normalized spacial score (nSPS) is 11.8. The molecule has 0 atom stereocenters. The van der Waals surface area contributed by atoms with Gasteiger partial charge in [0.2, 0.25) is 0 Å². The minimum absolute atomic E-state index is 0.131. The fourth-order valence-electron chi connectivity index (χ4n) is 1.63. The Balaban J connectivity index is 2.38. The highest BCUT2D eigenvalue weighted by Crippen LogP contribution is 2.16. The lowest BCUT2D eigenvalue weighted by molar-refractivity contribution is -0.156. The van der Waals surface area contributed by atoms with Crippen molar-refractivity contribution in [2.45, 2.75) is 27.5 Å². The van der Waals surface area contributed by atoms with Crippen LogP contribution in [0.5, 0.6) is 0 Å². The molecule has 0 saturated carbocycles. The fourth-order valence-corrected chi connectivity index (χ4v) is 1.63. The molecule has 0 spiro atoms. The molecule has 0 saturated heterocycles. The van der Waals surface area contributed by atoms with Crippen LogP contribution in [0.25, 0.3) is 11.2 Å². The van der Waals surface area contributed by atoms with Gasteiger partial charge in [0.1, 0.15) is 6.33 Å². The molecule has 0 aromatic carbocycles. The molecule has 2 aromatic rings. The average molecular weight is 280 g/mol. The number of fused-ring (bicyclic) bond motifs is 1. The molecular weight excluding hydrogens is 264 g/mol. The zero-order valence-electron chi connectivity index (χ0n) is 11.8. The van der Waals surface area contributed by atoms with Gasteiger partial charge in [-0.1, -0.05) is 0 Å². The fraction of sp³-hybridized carbons (Fsp3) is 0.500. The van der Waals surface area contributed by atoms with Crippen molar-refractivity contribution in [3.05, 3.63) is 27.2 Å². The number of nitrogens with one attached hydrogen (secondary N) is 1. The summed E-state index contributed by atoms with van der Waals surface area (Å²) < 4.78 is 7.74. The largest absolute Gasteiger partial charge is 0.443 e. The van der Waals surface area contributed by atoms with Gasteiger partial charge in [-0.15, -0.1) is 0 Å². The molecule has 8 heteroatoms. The molecule has 0 unspecified atom stereocenters. The summed E-state index contributed by atoms with van der Waals surface area (Å²) >= 11 is 0. The van der Waals surface area contributed by atoms with Crippen molar-refractivity contribution < 1.29 is 9.53 Å². The van der Waals surface area contributed by atoms with E-state index >= 15 is 0 Å². The molecule has 0 aliphatic rings. The quantitative estimate of drug-likeness (QED) is 0.779. The molecule has 1 N–H and O–H groups in total. The van der Waals surface area contributed by atoms with E-state index in [0.717, 1.165) is 0 Å². The maximum absolute atomic E-state index is 11.8. The van der Waals surface area contributed by atoms with Gasteiger partial charge in [-0.2, -0.15) is 0 Å². The molecule has 0 amide bonds. The topological polar surface area (TPSA) is 99.0 Å². The number of imidazole rings is 1. The highest BCUT2D eigenvalue weighted by molar-refractivity contribution is 5.75. The van der Waals surface area contributed by atoms with Crippen LogP contribution in [0.1, 0.15) is 20.8 Å². The van der Waals surface area contributed by atoms with Gasteiger partial charge >= 0.3 is 11.7 Å². The molecule has 2 aromatic heterocycles. The summed E-state index contributed by atoms with van der Waals surface area (Å²) in [5.74, 6) is -0.388. The monoisotopic (exact) mass is 280 g/mol. The van der Waals surface area contributed by atoms with Gasteiger partial charge in [0, 0.05) is 7.05 Å². The first kappa shape index (κ1) is 14.0. The Bertz CT molecular complexity index is 775. The van der Waals surface area contributed by atoms with Gasteiger partial charge in [0.25, 0.3) is 5.56 Å². The van der Waals surface area contributed by atoms with Crippen molar-refractivity contribution in [3.63, 3.8) is 0 Å². The molecule has 0 fully saturated rings. The van der Waals surface area contributed by atoms with Crippen molar-refractivity contribution in [1.82, 2.24) is 19.1 Å². The summed E-state index contributed by atoms with van der Waals surface area (Å²) in [6.07, 6.45) is 1.36. The Morgan fingerprint density at radius 2 is 2.05 bits per heavy atom. The standard InChI is InChI=1S/C12H16N4O4/c1-12(2,3)10(18)20-6-16-5-13-8-7(16)9(17)14-11(19)15(8)4/h5H,6H2,1-4H3,(H,14,17,19). The van der Waals surface area contributed by atoms with Crippen LogP contribution >= 0.6 is 0 Å². The van der Waals surface area contributed by atoms with Crippen LogP contribution in [0.15, 0.2) is 15.9 Å². The van der Waals surface area contributed by atoms with E-state index in [-0.39, 0.29) is 23.9 Å². The number of aryl methyl sites for hydroxylation is 1. The Kier molecular flexibility index (Phi) is 3.24. The Morgan fingerprint density at radius 1 is 1.40 bits per heavy atom. The molecule has 8 nitrogen and oxygen atoms in total. The van der Waals surface area contributed by atoms with Gasteiger partial charge in [0.15, 0.2) is 17.9 Å². The number of H-pyrrole nitrogens is 1. The zero-order valence-corrected chi connectivity index (χ0v) is 11.8. The van der Waals surface area contributed by atoms with E-state index in [1.165, 1.54) is 22.5 Å². The molecule has 20 heavy (non-hydrogen) atoms. The van der Waals surface area contributed by atoms with E-state index in [1.54, 1.807) is 20.8 Å². The highest BCUT2D eigenvalue weighted by Gasteiger charge is 2.23. The number of aromatic amines is 1. The Hall–Kier alpha value is -2.38. The highest BCUT2D eigenvalue weighted by atomic mass is 16.5. The number of nitrogens with zero attached hydrogens (tertiary/aromatic N) is 3. The minimum Gasteiger partial charge on any atom is -0.443 e. The molecule has 2 rings (SSSR count). The van der Waals surface area contributed by atoms with Gasteiger partial charge in [-0.05, 0) is 20.8 Å². The van der Waals surface area contributed by atoms with Crippen molar-refractivity contribution in [3.8, 4) is 0 Å². The smallest absolute Gasteiger partial charge is 0.329 e. The third-order valence-electron chi connectivity index (χ3n) is 2.82. The SMILES string of the molecule is Cn1c(=O)[nH]c(=O)c2c1ncn2COC(=O)C(C)(C)C. The number of aromatic nitrogens is 4. The predicted octanol–water partition coefficient (Wildman–Crippen LogP) is -0.0299. The molecule has 0 bridgehead atoms. The summed E-state index contributed by atoms with van der Waals surface area (Å²) in [7, 11) is 1.50. The first-order valence-electron chi connectivity index (χ1n) is 6.03. The van der Waals surface area contributed by atoms with E-state index in [1.807, 2.05) is 0 Å². The van der Waals surface area contributed by atoms with Crippen LogP contribution < -0.4 is 11.2 Å². The number of hydrogen-bond donors (Lipinski definition) is 1. The van der Waals surface area contributed by atoms with Crippen LogP contribution in [0.3, 0.4) is 0 Å². The second kappa shape index (κ2) is 4.62. The first-order chi connectivity index (χ1) is 9.21. The lowest BCUT2D eigenvalue weighted by Crippen LogP contribution is -2.30. The molecule has 108 valence electrons. The lowest BCUT2D eigenvalue weighted by atomic mass is 9.98. The predicted molar refractivity (Wildman–Crippen MR) is 71.1 cm³/mol. The lowest BCUT2D eigenvalue weighted by Gasteiger charge is -2.16. The van der Waals surface area contributed by atoms with E-state index < -0.39 is 16.7 Å². The van der Waals surface area contributed by atoms with Crippen molar-refractivity contribution in [2.24, 2.45) is 12.5 Å². The van der Waals surface area contributed by atoms with Gasteiger partial charge in [-0.3, -0.25) is 23.7 Å².